The van der Waals surface area contributed by atoms with Crippen LogP contribution in [0.4, 0.5) is 0 Å². The molecule has 0 atom stereocenters. The summed E-state index contributed by atoms with van der Waals surface area (Å²) in [6.45, 7) is 2.96. The van der Waals surface area contributed by atoms with E-state index in [2.05, 4.69) is 0 Å². The van der Waals surface area contributed by atoms with E-state index in [4.69, 9.17) is 9.47 Å². The summed E-state index contributed by atoms with van der Waals surface area (Å²) < 4.78 is 42.7. The Morgan fingerprint density at radius 2 is 1.56 bits per heavy atom. The lowest BCUT2D eigenvalue weighted by molar-refractivity contribution is -0.136. The van der Waals surface area contributed by atoms with Crippen molar-refractivity contribution < 1.29 is 32.3 Å². The second-order valence-corrected chi connectivity index (χ2v) is 7.15. The number of ether oxygens (including phenoxy) is 2. The van der Waals surface area contributed by atoms with Crippen molar-refractivity contribution >= 4 is 16.1 Å². The van der Waals surface area contributed by atoms with E-state index >= 15 is 0 Å². The average Bonchev–Trinajstić information content (AvgIpc) is 2.52. The molecule has 0 heterocycles. The second kappa shape index (κ2) is 7.22. The minimum Gasteiger partial charge on any atom is -0.744 e. The van der Waals surface area contributed by atoms with E-state index < -0.39 is 26.6 Å². The van der Waals surface area contributed by atoms with Crippen LogP contribution in [0.2, 0.25) is 0 Å². The van der Waals surface area contributed by atoms with E-state index in [0.29, 0.717) is 11.3 Å². The van der Waals surface area contributed by atoms with E-state index in [1.165, 1.54) is 12.1 Å². The van der Waals surface area contributed by atoms with Gasteiger partial charge in [0.25, 0.3) is 0 Å². The molecule has 0 fully saturated rings. The normalized spacial score (nSPS) is 11.8. The smallest absolute Gasteiger partial charge is 0.349 e. The van der Waals surface area contributed by atoms with Gasteiger partial charge in [-0.3, -0.25) is 0 Å². The second-order valence-electron chi connectivity index (χ2n) is 5.77. The van der Waals surface area contributed by atoms with E-state index in [9.17, 15) is 22.9 Å². The lowest BCUT2D eigenvalue weighted by Crippen LogP contribution is -2.18. The summed E-state index contributed by atoms with van der Waals surface area (Å²) in [5.74, 6) is -0.166. The van der Waals surface area contributed by atoms with Crippen molar-refractivity contribution in [3.63, 3.8) is 0 Å². The molecule has 2 rings (SSSR count). The molecule has 25 heavy (non-hydrogen) atoms. The van der Waals surface area contributed by atoms with Crippen molar-refractivity contribution in [2.45, 2.75) is 24.3 Å². The highest BCUT2D eigenvalue weighted by Crippen LogP contribution is 2.22. The summed E-state index contributed by atoms with van der Waals surface area (Å²) in [4.78, 5) is 11.3. The molecule has 2 aromatic carbocycles. The number of esters is 1. The Morgan fingerprint density at radius 3 is 2.04 bits per heavy atom. The van der Waals surface area contributed by atoms with Crippen molar-refractivity contribution in [3.05, 3.63) is 54.1 Å². The zero-order valence-electron chi connectivity index (χ0n) is 13.6. The molecule has 134 valence electrons. The third kappa shape index (κ3) is 5.56. The fraction of sp³-hybridized carbons (Fsp3) is 0.235. The molecule has 0 saturated heterocycles. The van der Waals surface area contributed by atoms with Crippen molar-refractivity contribution in [1.82, 2.24) is 0 Å². The zero-order valence-corrected chi connectivity index (χ0v) is 14.4. The van der Waals surface area contributed by atoms with Gasteiger partial charge in [0.15, 0.2) is 6.61 Å². The van der Waals surface area contributed by atoms with Crippen LogP contribution in [-0.2, 0) is 20.5 Å². The van der Waals surface area contributed by atoms with Gasteiger partial charge < -0.3 is 19.1 Å². The molecule has 8 heteroatoms. The molecule has 0 amide bonds. The van der Waals surface area contributed by atoms with E-state index in [0.717, 1.165) is 12.1 Å². The predicted octanol–water partition coefficient (Wildman–Crippen LogP) is 1.80. The summed E-state index contributed by atoms with van der Waals surface area (Å²) in [6, 6.07) is 11.1. The van der Waals surface area contributed by atoms with Crippen LogP contribution in [0.3, 0.4) is 0 Å². The highest BCUT2D eigenvalue weighted by Gasteiger charge is 2.15. The summed E-state index contributed by atoms with van der Waals surface area (Å²) in [5.41, 5.74) is -0.267. The topological polar surface area (TPSA) is 113 Å². The first-order valence-electron chi connectivity index (χ1n) is 7.28. The van der Waals surface area contributed by atoms with Crippen LogP contribution in [0.5, 0.6) is 11.5 Å². The first kappa shape index (κ1) is 18.9. The van der Waals surface area contributed by atoms with Gasteiger partial charge in [0.1, 0.15) is 21.6 Å². The van der Waals surface area contributed by atoms with Crippen LogP contribution < -0.4 is 9.47 Å². The fourth-order valence-corrected chi connectivity index (χ4v) is 2.41. The van der Waals surface area contributed by atoms with Gasteiger partial charge in [-0.15, -0.1) is 0 Å². The maximum absolute atomic E-state index is 11.7. The molecule has 7 nitrogen and oxygen atoms in total. The Kier molecular flexibility index (Phi) is 5.46. The van der Waals surface area contributed by atoms with Gasteiger partial charge >= 0.3 is 5.97 Å². The van der Waals surface area contributed by atoms with Gasteiger partial charge in [-0.25, -0.2) is 13.2 Å². The molecule has 0 aliphatic heterocycles. The van der Waals surface area contributed by atoms with Gasteiger partial charge in [-0.1, -0.05) is 12.1 Å². The Morgan fingerprint density at radius 1 is 1.04 bits per heavy atom. The highest BCUT2D eigenvalue weighted by molar-refractivity contribution is 7.85. The van der Waals surface area contributed by atoms with Crippen LogP contribution in [0.15, 0.2) is 53.4 Å². The van der Waals surface area contributed by atoms with Crippen LogP contribution in [0, 0.1) is 0 Å². The average molecular weight is 365 g/mol. The number of benzene rings is 2. The SMILES string of the molecule is CC(C)(O)c1ccc(OCC(=O)Oc2ccc(S(=O)(=O)[O-])cc2)cc1. The fourth-order valence-electron chi connectivity index (χ4n) is 1.94. The Hall–Kier alpha value is -2.42. The van der Waals surface area contributed by atoms with E-state index in [1.54, 1.807) is 38.1 Å². The molecule has 0 spiro atoms. The number of carbonyl (C=O) groups is 1. The number of hydrogen-bond acceptors (Lipinski definition) is 7. The number of aliphatic hydroxyl groups is 1. The summed E-state index contributed by atoms with van der Waals surface area (Å²) >= 11 is 0. The quantitative estimate of drug-likeness (QED) is 0.472. The number of rotatable bonds is 6. The van der Waals surface area contributed by atoms with Gasteiger partial charge in [-0.2, -0.15) is 0 Å². The molecule has 0 aliphatic carbocycles. The van der Waals surface area contributed by atoms with Crippen molar-refractivity contribution in [2.24, 2.45) is 0 Å². The molecule has 0 unspecified atom stereocenters. The first-order valence-corrected chi connectivity index (χ1v) is 8.69. The molecule has 0 bridgehead atoms. The minimum absolute atomic E-state index is 0.0957. The Balaban J connectivity index is 1.90. The molecule has 0 aromatic heterocycles. The van der Waals surface area contributed by atoms with Gasteiger partial charge in [0.2, 0.25) is 0 Å². The van der Waals surface area contributed by atoms with Crippen molar-refractivity contribution in [1.29, 1.82) is 0 Å². The number of hydrogen-bond donors (Lipinski definition) is 1. The van der Waals surface area contributed by atoms with E-state index in [-0.39, 0.29) is 12.4 Å². The Labute approximate surface area is 145 Å². The van der Waals surface area contributed by atoms with Crippen LogP contribution in [0.25, 0.3) is 0 Å². The minimum atomic E-state index is -4.54. The molecule has 0 radical (unpaired) electrons. The summed E-state index contributed by atoms with van der Waals surface area (Å²) in [7, 11) is -4.54. The largest absolute Gasteiger partial charge is 0.744 e. The molecule has 1 N–H and O–H groups in total. The van der Waals surface area contributed by atoms with E-state index in [1.807, 2.05) is 0 Å². The van der Waals surface area contributed by atoms with Gasteiger partial charge in [0, 0.05) is 0 Å². The lowest BCUT2D eigenvalue weighted by Gasteiger charge is -2.17. The standard InChI is InChI=1S/C17H18O7S/c1-17(2,19)12-3-5-13(6-4-12)23-11-16(18)24-14-7-9-15(10-8-14)25(20,21)22/h3-10,19H,11H2,1-2H3,(H,20,21,22)/p-1. The highest BCUT2D eigenvalue weighted by atomic mass is 32.2. The van der Waals surface area contributed by atoms with Crippen molar-refractivity contribution in [2.75, 3.05) is 6.61 Å². The molecular weight excluding hydrogens is 348 g/mol. The lowest BCUT2D eigenvalue weighted by atomic mass is 9.99. The van der Waals surface area contributed by atoms with Gasteiger partial charge in [-0.05, 0) is 55.8 Å². The molecule has 0 saturated carbocycles. The zero-order chi connectivity index (χ0) is 18.7. The van der Waals surface area contributed by atoms with Crippen LogP contribution in [0.1, 0.15) is 19.4 Å². The van der Waals surface area contributed by atoms with Crippen LogP contribution >= 0.6 is 0 Å². The predicted molar refractivity (Wildman–Crippen MR) is 87.2 cm³/mol. The third-order valence-electron chi connectivity index (χ3n) is 3.26. The Bertz CT molecular complexity index is 832. The third-order valence-corrected chi connectivity index (χ3v) is 4.11. The summed E-state index contributed by atoms with van der Waals surface area (Å²) in [6.07, 6.45) is 0. The molecular formula is C17H17O7S-. The molecule has 2 aromatic rings. The maximum atomic E-state index is 11.7. The summed E-state index contributed by atoms with van der Waals surface area (Å²) in [5, 5.41) is 9.86. The van der Waals surface area contributed by atoms with Gasteiger partial charge in [0.05, 0.1) is 10.5 Å². The first-order chi connectivity index (χ1) is 11.6. The maximum Gasteiger partial charge on any atom is 0.349 e. The number of carbonyl (C=O) groups excluding carboxylic acids is 1. The monoisotopic (exact) mass is 365 g/mol. The molecule has 0 aliphatic rings. The van der Waals surface area contributed by atoms with Crippen molar-refractivity contribution in [3.8, 4) is 11.5 Å². The van der Waals surface area contributed by atoms with Crippen LogP contribution in [-0.4, -0.2) is 30.7 Å².